The first-order chi connectivity index (χ1) is 6.57. The summed E-state index contributed by atoms with van der Waals surface area (Å²) in [5.74, 6) is 0. The molecule has 0 bridgehead atoms. The third-order valence-corrected chi connectivity index (χ3v) is 1.51. The molecule has 4 nitrogen and oxygen atoms in total. The first-order valence-electron chi connectivity index (χ1n) is 3.95. The van der Waals surface area contributed by atoms with E-state index in [1.54, 1.807) is 25.1 Å². The number of nitro benzene ring substituents is 1. The molecule has 76 valence electrons. The summed E-state index contributed by atoms with van der Waals surface area (Å²) in [5, 5.41) is 9.73. The fourth-order valence-corrected chi connectivity index (χ4v) is 0.550. The zero-order valence-corrected chi connectivity index (χ0v) is 8.40. The Kier molecular flexibility index (Phi) is 6.32. The Bertz CT molecular complexity index is 300. The smallest absolute Gasteiger partial charge is 0.269 e. The van der Waals surface area contributed by atoms with Crippen LogP contribution in [0.2, 0.25) is 0 Å². The third kappa shape index (κ3) is 6.14. The Labute approximate surface area is 86.6 Å². The number of rotatable bonds is 2. The Hall–Kier alpha value is -1.42. The number of carbonyl (C=O) groups excluding carboxylic acids is 1. The van der Waals surface area contributed by atoms with Gasteiger partial charge in [0.25, 0.3) is 5.69 Å². The number of hydrogen-bond acceptors (Lipinski definition) is 3. The zero-order valence-electron chi connectivity index (χ0n) is 7.64. The van der Waals surface area contributed by atoms with Crippen molar-refractivity contribution in [3.8, 4) is 0 Å². The lowest BCUT2D eigenvalue weighted by Gasteiger charge is -1.85. The van der Waals surface area contributed by atoms with Gasteiger partial charge in [-0.2, -0.15) is 0 Å². The van der Waals surface area contributed by atoms with Crippen LogP contribution in [0.4, 0.5) is 5.69 Å². The summed E-state index contributed by atoms with van der Waals surface area (Å²) in [4.78, 5) is 19.2. The van der Waals surface area contributed by atoms with Crippen molar-refractivity contribution >= 4 is 22.5 Å². The number of nitro groups is 1. The summed E-state index contributed by atoms with van der Waals surface area (Å²) in [7, 11) is 0. The van der Waals surface area contributed by atoms with E-state index in [-0.39, 0.29) is 10.9 Å². The molecule has 0 heterocycles. The second kappa shape index (κ2) is 7.03. The van der Waals surface area contributed by atoms with Crippen LogP contribution in [0, 0.1) is 10.1 Å². The van der Waals surface area contributed by atoms with E-state index < -0.39 is 4.92 Å². The number of benzene rings is 1. The molecular formula is C9H10ClNO3. The zero-order chi connectivity index (χ0) is 11.0. The van der Waals surface area contributed by atoms with Gasteiger partial charge in [-0.15, -0.1) is 0 Å². The molecule has 14 heavy (non-hydrogen) atoms. The first kappa shape index (κ1) is 12.6. The van der Waals surface area contributed by atoms with Gasteiger partial charge < -0.3 is 0 Å². The van der Waals surface area contributed by atoms with Gasteiger partial charge in [0.2, 0.25) is 5.24 Å². The van der Waals surface area contributed by atoms with Crippen LogP contribution < -0.4 is 0 Å². The van der Waals surface area contributed by atoms with Crippen LogP contribution in [0.3, 0.4) is 0 Å². The van der Waals surface area contributed by atoms with E-state index >= 15 is 0 Å². The maximum Gasteiger partial charge on any atom is 0.269 e. The molecule has 0 aliphatic carbocycles. The highest BCUT2D eigenvalue weighted by molar-refractivity contribution is 6.63. The minimum Gasteiger partial charge on any atom is -0.281 e. The van der Waals surface area contributed by atoms with Crippen LogP contribution in [-0.2, 0) is 4.79 Å². The Morgan fingerprint density at radius 1 is 1.43 bits per heavy atom. The number of para-hydroxylation sites is 1. The predicted octanol–water partition coefficient (Wildman–Crippen LogP) is 2.76. The molecule has 0 atom stereocenters. The van der Waals surface area contributed by atoms with E-state index in [1.165, 1.54) is 12.1 Å². The second-order valence-corrected chi connectivity index (χ2v) is 2.72. The Morgan fingerprint density at radius 2 is 1.86 bits per heavy atom. The van der Waals surface area contributed by atoms with Crippen LogP contribution in [0.25, 0.3) is 0 Å². The molecule has 0 aromatic heterocycles. The molecular weight excluding hydrogens is 206 g/mol. The van der Waals surface area contributed by atoms with E-state index in [0.29, 0.717) is 6.42 Å². The monoisotopic (exact) mass is 215 g/mol. The second-order valence-electron chi connectivity index (χ2n) is 2.30. The Morgan fingerprint density at radius 3 is 2.07 bits per heavy atom. The van der Waals surface area contributed by atoms with Gasteiger partial charge in [-0.05, 0) is 11.6 Å². The van der Waals surface area contributed by atoms with Crippen molar-refractivity contribution in [1.29, 1.82) is 0 Å². The van der Waals surface area contributed by atoms with E-state index in [1.807, 2.05) is 0 Å². The lowest BCUT2D eigenvalue weighted by molar-refractivity contribution is -0.384. The molecule has 0 aliphatic heterocycles. The molecule has 0 N–H and O–H groups in total. The normalized spacial score (nSPS) is 8.43. The molecule has 0 saturated carbocycles. The van der Waals surface area contributed by atoms with E-state index in [9.17, 15) is 14.9 Å². The van der Waals surface area contributed by atoms with Crippen molar-refractivity contribution in [2.75, 3.05) is 0 Å². The minimum absolute atomic E-state index is 0.137. The van der Waals surface area contributed by atoms with Gasteiger partial charge in [0, 0.05) is 18.6 Å². The molecule has 0 spiro atoms. The van der Waals surface area contributed by atoms with Gasteiger partial charge in [0.1, 0.15) is 0 Å². The van der Waals surface area contributed by atoms with Gasteiger partial charge in [-0.3, -0.25) is 14.9 Å². The van der Waals surface area contributed by atoms with Gasteiger partial charge in [0.05, 0.1) is 4.92 Å². The van der Waals surface area contributed by atoms with Gasteiger partial charge >= 0.3 is 0 Å². The van der Waals surface area contributed by atoms with Crippen molar-refractivity contribution in [2.45, 2.75) is 13.3 Å². The van der Waals surface area contributed by atoms with Gasteiger partial charge in [-0.1, -0.05) is 25.1 Å². The van der Waals surface area contributed by atoms with E-state index in [0.717, 1.165) is 0 Å². The molecule has 5 heteroatoms. The lowest BCUT2D eigenvalue weighted by atomic mass is 10.3. The molecule has 0 fully saturated rings. The summed E-state index contributed by atoms with van der Waals surface area (Å²) in [6.45, 7) is 1.72. The van der Waals surface area contributed by atoms with Crippen LogP contribution >= 0.6 is 11.6 Å². The summed E-state index contributed by atoms with van der Waals surface area (Å²) in [6.07, 6.45) is 0.432. The SMILES string of the molecule is CCC(=O)Cl.O=[N+]([O-])c1ccccc1. The molecule has 0 amide bonds. The van der Waals surface area contributed by atoms with Crippen molar-refractivity contribution in [1.82, 2.24) is 0 Å². The number of hydrogen-bond donors (Lipinski definition) is 0. The van der Waals surface area contributed by atoms with Crippen LogP contribution in [0.5, 0.6) is 0 Å². The average molecular weight is 216 g/mol. The van der Waals surface area contributed by atoms with E-state index in [4.69, 9.17) is 11.6 Å². The Balaban J connectivity index is 0.000000292. The number of non-ortho nitro benzene ring substituents is 1. The fourth-order valence-electron chi connectivity index (χ4n) is 0.550. The summed E-state index contributed by atoms with van der Waals surface area (Å²) in [6, 6.07) is 7.93. The molecule has 1 aromatic carbocycles. The fraction of sp³-hybridized carbons (Fsp3) is 0.222. The van der Waals surface area contributed by atoms with Gasteiger partial charge in [0.15, 0.2) is 0 Å². The minimum atomic E-state index is -0.417. The molecule has 0 unspecified atom stereocenters. The maximum atomic E-state index is 10.0. The predicted molar refractivity (Wildman–Crippen MR) is 54.2 cm³/mol. The van der Waals surface area contributed by atoms with E-state index in [2.05, 4.69) is 0 Å². The summed E-state index contributed by atoms with van der Waals surface area (Å²) in [5.41, 5.74) is 0.137. The van der Waals surface area contributed by atoms with Crippen LogP contribution in [0.15, 0.2) is 30.3 Å². The summed E-state index contributed by atoms with van der Waals surface area (Å²) < 4.78 is 0. The first-order valence-corrected chi connectivity index (χ1v) is 4.33. The molecule has 1 aromatic rings. The quantitative estimate of drug-likeness (QED) is 0.433. The number of carbonyl (C=O) groups is 1. The third-order valence-electron chi connectivity index (χ3n) is 1.24. The van der Waals surface area contributed by atoms with Crippen LogP contribution in [-0.4, -0.2) is 10.2 Å². The lowest BCUT2D eigenvalue weighted by Crippen LogP contribution is -1.84. The van der Waals surface area contributed by atoms with Gasteiger partial charge in [-0.25, -0.2) is 0 Å². The number of halogens is 1. The maximum absolute atomic E-state index is 10.0. The average Bonchev–Trinajstić information content (AvgIpc) is 2.20. The molecule has 1 rings (SSSR count). The molecule has 0 saturated heterocycles. The highest BCUT2D eigenvalue weighted by atomic mass is 35.5. The molecule has 0 aliphatic rings. The summed E-state index contributed by atoms with van der Waals surface area (Å²) >= 11 is 4.82. The van der Waals surface area contributed by atoms with Crippen LogP contribution in [0.1, 0.15) is 13.3 Å². The standard InChI is InChI=1S/C6H5NO2.C3H5ClO/c8-7(9)6-4-2-1-3-5-6;1-2-3(4)5/h1-5H;2H2,1H3. The largest absolute Gasteiger partial charge is 0.281 e. The molecule has 0 radical (unpaired) electrons. The van der Waals surface area contributed by atoms with Crippen molar-refractivity contribution in [3.63, 3.8) is 0 Å². The highest BCUT2D eigenvalue weighted by Crippen LogP contribution is 2.06. The van der Waals surface area contributed by atoms with Crippen molar-refractivity contribution in [3.05, 3.63) is 40.4 Å². The van der Waals surface area contributed by atoms with Crippen molar-refractivity contribution in [2.24, 2.45) is 0 Å². The van der Waals surface area contributed by atoms with Crippen molar-refractivity contribution < 1.29 is 9.72 Å². The number of nitrogens with zero attached hydrogens (tertiary/aromatic N) is 1. The highest BCUT2D eigenvalue weighted by Gasteiger charge is 1.98. The topological polar surface area (TPSA) is 60.2 Å².